The first-order valence-electron chi connectivity index (χ1n) is 6.07. The van der Waals surface area contributed by atoms with Gasteiger partial charge in [-0.2, -0.15) is 0 Å². The highest BCUT2D eigenvalue weighted by molar-refractivity contribution is 5.83. The van der Waals surface area contributed by atoms with Gasteiger partial charge < -0.3 is 20.8 Å². The smallest absolute Gasteiger partial charge is 0.326 e. The number of nitrogens with zero attached hydrogens (tertiary/aromatic N) is 2. The molecule has 1 rings (SSSR count). The lowest BCUT2D eigenvalue weighted by Crippen LogP contribution is -2.42. The monoisotopic (exact) mass is 282 g/mol. The third-order valence-electron chi connectivity index (χ3n) is 2.47. The molecule has 1 aromatic heterocycles. The third-order valence-corrected chi connectivity index (χ3v) is 2.47. The highest BCUT2D eigenvalue weighted by atomic mass is 16.4. The maximum Gasteiger partial charge on any atom is 0.326 e. The minimum Gasteiger partial charge on any atom is -0.480 e. The van der Waals surface area contributed by atoms with Gasteiger partial charge in [0.25, 0.3) is 0 Å². The molecule has 1 amide bonds. The summed E-state index contributed by atoms with van der Waals surface area (Å²) in [6.45, 7) is 0.440. The number of nitrogens with one attached hydrogen (secondary N) is 3. The number of carbonyl (C=O) groups excluding carboxylic acids is 1. The van der Waals surface area contributed by atoms with Crippen LogP contribution in [-0.2, 0) is 16.0 Å². The van der Waals surface area contributed by atoms with Crippen molar-refractivity contribution < 1.29 is 14.7 Å². The number of carbonyl (C=O) groups is 2. The van der Waals surface area contributed by atoms with Crippen molar-refractivity contribution in [1.29, 1.82) is 0 Å². The number of amides is 1. The Bertz CT molecular complexity index is 445. The van der Waals surface area contributed by atoms with E-state index in [1.54, 1.807) is 0 Å². The molecule has 0 aliphatic carbocycles. The van der Waals surface area contributed by atoms with Crippen LogP contribution in [0, 0.1) is 0 Å². The van der Waals surface area contributed by atoms with Gasteiger partial charge in [0.15, 0.2) is 0 Å². The van der Waals surface area contributed by atoms with Crippen LogP contribution in [0.4, 0.5) is 0 Å². The van der Waals surface area contributed by atoms with Crippen molar-refractivity contribution >= 4 is 18.2 Å². The first-order valence-corrected chi connectivity index (χ1v) is 6.07. The van der Waals surface area contributed by atoms with E-state index in [0.29, 0.717) is 18.7 Å². The Morgan fingerprint density at radius 2 is 2.40 bits per heavy atom. The Balaban J connectivity index is 2.35. The Morgan fingerprint density at radius 3 is 3.00 bits per heavy atom. The number of imidazole rings is 1. The van der Waals surface area contributed by atoms with Gasteiger partial charge >= 0.3 is 5.97 Å². The molecule has 9 nitrogen and oxygen atoms in total. The van der Waals surface area contributed by atoms with Crippen LogP contribution < -0.4 is 16.6 Å². The second-order valence-electron chi connectivity index (χ2n) is 4.04. The van der Waals surface area contributed by atoms with Crippen molar-refractivity contribution in [2.24, 2.45) is 10.8 Å². The van der Waals surface area contributed by atoms with Gasteiger partial charge in [0.1, 0.15) is 6.04 Å². The molecule has 110 valence electrons. The van der Waals surface area contributed by atoms with Crippen LogP contribution in [0.3, 0.4) is 0 Å². The third kappa shape index (κ3) is 5.96. The lowest BCUT2D eigenvalue weighted by molar-refractivity contribution is -0.141. The molecule has 0 saturated carbocycles. The van der Waals surface area contributed by atoms with Gasteiger partial charge in [-0.3, -0.25) is 9.79 Å². The summed E-state index contributed by atoms with van der Waals surface area (Å²) >= 11 is 0. The zero-order valence-corrected chi connectivity index (χ0v) is 10.9. The number of hydrogen-bond acceptors (Lipinski definition) is 5. The number of nitrogens with two attached hydrogens (primary N) is 1. The molecule has 0 unspecified atom stereocenters. The average molecular weight is 282 g/mol. The summed E-state index contributed by atoms with van der Waals surface area (Å²) in [4.78, 5) is 33.2. The van der Waals surface area contributed by atoms with Crippen LogP contribution in [0.25, 0.3) is 0 Å². The molecule has 0 spiro atoms. The van der Waals surface area contributed by atoms with E-state index in [0.717, 1.165) is 0 Å². The zero-order chi connectivity index (χ0) is 14.8. The number of carboxylic acid groups (broad SMARTS) is 1. The van der Waals surface area contributed by atoms with Crippen molar-refractivity contribution in [2.45, 2.75) is 25.3 Å². The largest absolute Gasteiger partial charge is 0.480 e. The van der Waals surface area contributed by atoms with Crippen LogP contribution in [0.1, 0.15) is 18.5 Å². The number of aliphatic imine (C=N–C) groups is 1. The van der Waals surface area contributed by atoms with Crippen molar-refractivity contribution in [3.63, 3.8) is 0 Å². The van der Waals surface area contributed by atoms with Crippen LogP contribution in [0.5, 0.6) is 0 Å². The summed E-state index contributed by atoms with van der Waals surface area (Å²) in [6.07, 6.45) is 5.19. The van der Waals surface area contributed by atoms with Crippen molar-refractivity contribution in [1.82, 2.24) is 20.7 Å². The zero-order valence-electron chi connectivity index (χ0n) is 10.9. The molecule has 0 fully saturated rings. The SMILES string of the molecule is NNC=NCCCC(=O)N[C@@H](Cc1cnc[nH]1)C(=O)O. The van der Waals surface area contributed by atoms with Crippen LogP contribution in [0.2, 0.25) is 0 Å². The number of aliphatic carboxylic acids is 1. The van der Waals surface area contributed by atoms with Crippen LogP contribution >= 0.6 is 0 Å². The number of carboxylic acids is 1. The maximum absolute atomic E-state index is 11.6. The summed E-state index contributed by atoms with van der Waals surface area (Å²) < 4.78 is 0. The minimum atomic E-state index is -1.08. The van der Waals surface area contributed by atoms with E-state index in [9.17, 15) is 9.59 Å². The fourth-order valence-electron chi connectivity index (χ4n) is 1.53. The summed E-state index contributed by atoms with van der Waals surface area (Å²) in [6, 6.07) is -0.975. The Morgan fingerprint density at radius 1 is 1.60 bits per heavy atom. The van der Waals surface area contributed by atoms with Gasteiger partial charge in [-0.1, -0.05) is 0 Å². The van der Waals surface area contributed by atoms with Gasteiger partial charge in [-0.15, -0.1) is 0 Å². The number of hydrazine groups is 1. The molecular formula is C11H18N6O3. The molecule has 1 aromatic rings. The lowest BCUT2D eigenvalue weighted by atomic mass is 10.1. The molecule has 0 aliphatic rings. The first kappa shape index (κ1) is 15.6. The first-order chi connectivity index (χ1) is 9.63. The Hall–Kier alpha value is -2.42. The lowest BCUT2D eigenvalue weighted by Gasteiger charge is -2.13. The summed E-state index contributed by atoms with van der Waals surface area (Å²) in [5.41, 5.74) is 2.90. The number of aromatic nitrogens is 2. The molecule has 20 heavy (non-hydrogen) atoms. The quantitative estimate of drug-likeness (QED) is 0.126. The molecule has 1 heterocycles. The minimum absolute atomic E-state index is 0.163. The van der Waals surface area contributed by atoms with Crippen molar-refractivity contribution in [3.8, 4) is 0 Å². The summed E-state index contributed by atoms with van der Waals surface area (Å²) in [5.74, 6) is 3.57. The van der Waals surface area contributed by atoms with Gasteiger partial charge in [-0.05, 0) is 6.42 Å². The summed E-state index contributed by atoms with van der Waals surface area (Å²) in [5, 5.41) is 11.5. The van der Waals surface area contributed by atoms with Gasteiger partial charge in [0.05, 0.1) is 12.7 Å². The predicted octanol–water partition coefficient (Wildman–Crippen LogP) is -1.21. The van der Waals surface area contributed by atoms with Crippen molar-refractivity contribution in [3.05, 3.63) is 18.2 Å². The Labute approximate surface area is 115 Å². The normalized spacial score (nSPS) is 12.2. The number of aromatic amines is 1. The van der Waals surface area contributed by atoms with E-state index < -0.39 is 12.0 Å². The second kappa shape index (κ2) is 8.64. The van der Waals surface area contributed by atoms with E-state index >= 15 is 0 Å². The van der Waals surface area contributed by atoms with E-state index in [1.165, 1.54) is 18.9 Å². The van der Waals surface area contributed by atoms with E-state index in [4.69, 9.17) is 10.9 Å². The highest BCUT2D eigenvalue weighted by Crippen LogP contribution is 2.00. The standard InChI is InChI=1S/C11H18N6O3/c12-16-7-13-3-1-2-10(18)17-9(11(19)20)4-8-5-14-6-15-8/h5-7,9H,1-4,12H2,(H,13,16)(H,14,15)(H,17,18)(H,19,20)/t9-/m0/s1. The van der Waals surface area contributed by atoms with Gasteiger partial charge in [-0.25, -0.2) is 15.6 Å². The van der Waals surface area contributed by atoms with E-state index in [-0.39, 0.29) is 18.7 Å². The molecule has 0 saturated heterocycles. The maximum atomic E-state index is 11.6. The molecule has 0 aromatic carbocycles. The number of hydrogen-bond donors (Lipinski definition) is 5. The van der Waals surface area contributed by atoms with Gasteiger partial charge in [0.2, 0.25) is 5.91 Å². The summed E-state index contributed by atoms with van der Waals surface area (Å²) in [7, 11) is 0. The van der Waals surface area contributed by atoms with Crippen LogP contribution in [-0.4, -0.2) is 45.9 Å². The topological polar surface area (TPSA) is 145 Å². The fraction of sp³-hybridized carbons (Fsp3) is 0.455. The molecule has 0 aliphatic heterocycles. The molecule has 0 radical (unpaired) electrons. The van der Waals surface area contributed by atoms with Crippen LogP contribution in [0.15, 0.2) is 17.5 Å². The fourth-order valence-corrected chi connectivity index (χ4v) is 1.53. The number of rotatable bonds is 9. The molecule has 1 atom stereocenters. The second-order valence-corrected chi connectivity index (χ2v) is 4.04. The molecule has 0 bridgehead atoms. The molecule has 6 N–H and O–H groups in total. The van der Waals surface area contributed by atoms with E-state index in [1.807, 2.05) is 0 Å². The predicted molar refractivity (Wildman–Crippen MR) is 71.8 cm³/mol. The average Bonchev–Trinajstić information content (AvgIpc) is 2.90. The highest BCUT2D eigenvalue weighted by Gasteiger charge is 2.20. The van der Waals surface area contributed by atoms with Crippen molar-refractivity contribution in [2.75, 3.05) is 6.54 Å². The molecule has 9 heteroatoms. The number of H-pyrrole nitrogens is 1. The van der Waals surface area contributed by atoms with E-state index in [2.05, 4.69) is 25.7 Å². The Kier molecular flexibility index (Phi) is 6.76. The van der Waals surface area contributed by atoms with Gasteiger partial charge in [0, 0.05) is 31.3 Å². The molecular weight excluding hydrogens is 264 g/mol.